The number of amides is 2. The number of cyclic esters (lactones) is 2. The highest BCUT2D eigenvalue weighted by Gasteiger charge is 2.30. The number of carbonyl (C=O) groups is 5. The first kappa shape index (κ1) is 32.8. The van der Waals surface area contributed by atoms with Gasteiger partial charge in [-0.1, -0.05) is 68.5 Å². The Morgan fingerprint density at radius 2 is 1.74 bits per heavy atom. The van der Waals surface area contributed by atoms with Gasteiger partial charge in [0.1, 0.15) is 11.8 Å². The Labute approximate surface area is 251 Å². The van der Waals surface area contributed by atoms with Gasteiger partial charge in [0.25, 0.3) is 0 Å². The van der Waals surface area contributed by atoms with Crippen LogP contribution >= 0.6 is 0 Å². The number of hydrogen-bond donors (Lipinski definition) is 2. The molecular formula is C33H38N2O8. The van der Waals surface area contributed by atoms with Crippen molar-refractivity contribution in [1.29, 1.82) is 0 Å². The normalized spacial score (nSPS) is 21.4. The summed E-state index contributed by atoms with van der Waals surface area (Å²) in [5.74, 6) is -2.51. The average molecular weight is 591 g/mol. The first-order chi connectivity index (χ1) is 20.6. The number of esters is 2. The second-order valence-electron chi connectivity index (χ2n) is 10.5. The predicted molar refractivity (Wildman–Crippen MR) is 160 cm³/mol. The number of hydrogen-bond acceptors (Lipinski definition) is 8. The third kappa shape index (κ3) is 11.2. The molecule has 0 fully saturated rings. The molecule has 0 radical (unpaired) electrons. The summed E-state index contributed by atoms with van der Waals surface area (Å²) >= 11 is 0. The van der Waals surface area contributed by atoms with E-state index in [1.165, 1.54) is 18.2 Å². The molecular weight excluding hydrogens is 552 g/mol. The van der Waals surface area contributed by atoms with Gasteiger partial charge in [0.2, 0.25) is 11.8 Å². The second kappa shape index (κ2) is 16.6. The van der Waals surface area contributed by atoms with Gasteiger partial charge in [-0.25, -0.2) is 4.79 Å². The van der Waals surface area contributed by atoms with Crippen molar-refractivity contribution >= 4 is 35.6 Å². The van der Waals surface area contributed by atoms with Gasteiger partial charge in [-0.2, -0.15) is 0 Å². The molecule has 0 bridgehead atoms. The van der Waals surface area contributed by atoms with Gasteiger partial charge in [0.05, 0.1) is 13.5 Å². The molecule has 0 saturated heterocycles. The van der Waals surface area contributed by atoms with Crippen LogP contribution in [0.25, 0.3) is 6.08 Å². The molecule has 10 heteroatoms. The van der Waals surface area contributed by atoms with Gasteiger partial charge in [-0.3, -0.25) is 19.2 Å². The predicted octanol–water partition coefficient (Wildman–Crippen LogP) is 3.34. The van der Waals surface area contributed by atoms with E-state index in [1.807, 2.05) is 44.2 Å². The molecule has 0 spiro atoms. The molecule has 3 rings (SSSR count). The molecule has 228 valence electrons. The fourth-order valence-electron chi connectivity index (χ4n) is 4.26. The van der Waals surface area contributed by atoms with E-state index >= 15 is 0 Å². The van der Waals surface area contributed by atoms with Gasteiger partial charge in [0.15, 0.2) is 18.0 Å². The van der Waals surface area contributed by atoms with Crippen LogP contribution in [-0.4, -0.2) is 61.4 Å². The standard InChI is InChI=1S/C33H38N2O8/c1-22(2)20-29-33(40)43-28(27(36)17-14-23-8-5-4-6-9-23)10-7-11-30(37)35-26(32(39)34-19-18-31(38)42-29)21-24-12-15-25(41-3)16-13-24/h4-9,11-17,22,26,28-29H,10,18-21H2,1-3H3,(H,34,39)(H,35,37)/b11-7+,17-14-/t26-,28+,29+/m1/s1. The third-order valence-corrected chi connectivity index (χ3v) is 6.52. The Balaban J connectivity index is 1.85. The fourth-order valence-corrected chi connectivity index (χ4v) is 4.26. The third-order valence-electron chi connectivity index (χ3n) is 6.52. The minimum atomic E-state index is -1.27. The summed E-state index contributed by atoms with van der Waals surface area (Å²) in [5.41, 5.74) is 1.55. The van der Waals surface area contributed by atoms with Crippen LogP contribution in [0.2, 0.25) is 0 Å². The van der Waals surface area contributed by atoms with Crippen molar-refractivity contribution in [3.8, 4) is 5.75 Å². The summed E-state index contributed by atoms with van der Waals surface area (Å²) in [6.45, 7) is 3.64. The Bertz CT molecular complexity index is 1320. The maximum Gasteiger partial charge on any atom is 0.348 e. The summed E-state index contributed by atoms with van der Waals surface area (Å²) in [7, 11) is 1.55. The highest BCUT2D eigenvalue weighted by atomic mass is 16.6. The molecule has 0 aromatic heterocycles. The number of rotatable bonds is 8. The molecule has 2 aromatic carbocycles. The molecule has 43 heavy (non-hydrogen) atoms. The molecule has 2 N–H and O–H groups in total. The maximum absolute atomic E-state index is 13.1. The highest BCUT2D eigenvalue weighted by molar-refractivity contribution is 5.98. The Kier molecular flexibility index (Phi) is 12.7. The zero-order valence-corrected chi connectivity index (χ0v) is 24.6. The lowest BCUT2D eigenvalue weighted by atomic mass is 10.0. The Morgan fingerprint density at radius 1 is 1.02 bits per heavy atom. The van der Waals surface area contributed by atoms with Crippen molar-refractivity contribution in [3.05, 3.63) is 84.0 Å². The number of carbonyl (C=O) groups excluding carboxylic acids is 5. The molecule has 0 aliphatic carbocycles. The van der Waals surface area contributed by atoms with Gasteiger partial charge in [0, 0.05) is 19.4 Å². The fraction of sp³-hybridized carbons (Fsp3) is 0.364. The van der Waals surface area contributed by atoms with Gasteiger partial charge < -0.3 is 24.8 Å². The number of ether oxygens (including phenoxy) is 3. The maximum atomic E-state index is 13.1. The lowest BCUT2D eigenvalue weighted by Crippen LogP contribution is -2.48. The second-order valence-corrected chi connectivity index (χ2v) is 10.5. The molecule has 2 aromatic rings. The van der Waals surface area contributed by atoms with Crippen molar-refractivity contribution in [2.75, 3.05) is 13.7 Å². The molecule has 2 amide bonds. The van der Waals surface area contributed by atoms with Crippen LogP contribution in [0.1, 0.15) is 44.2 Å². The van der Waals surface area contributed by atoms with Crippen LogP contribution in [0.4, 0.5) is 0 Å². The quantitative estimate of drug-likeness (QED) is 0.353. The van der Waals surface area contributed by atoms with Gasteiger partial charge >= 0.3 is 11.9 Å². The first-order valence-electron chi connectivity index (χ1n) is 14.2. The van der Waals surface area contributed by atoms with Crippen LogP contribution in [-0.2, 0) is 39.9 Å². The molecule has 3 atom stereocenters. The van der Waals surface area contributed by atoms with Crippen molar-refractivity contribution in [1.82, 2.24) is 10.6 Å². The molecule has 0 unspecified atom stereocenters. The topological polar surface area (TPSA) is 137 Å². The molecule has 0 saturated carbocycles. The zero-order valence-electron chi connectivity index (χ0n) is 24.6. The summed E-state index contributed by atoms with van der Waals surface area (Å²) in [6.07, 6.45) is 3.03. The van der Waals surface area contributed by atoms with Crippen LogP contribution in [0.3, 0.4) is 0 Å². The van der Waals surface area contributed by atoms with Crippen molar-refractivity contribution < 1.29 is 38.2 Å². The van der Waals surface area contributed by atoms with Gasteiger partial charge in [-0.15, -0.1) is 0 Å². The SMILES string of the molecule is COc1ccc(C[C@H]2NC(=O)/C=C/C[C@@H](C(=O)/C=C\c3ccccc3)OC(=O)[C@H](CC(C)C)OC(=O)CCNC2=O)cc1. The van der Waals surface area contributed by atoms with E-state index in [2.05, 4.69) is 10.6 Å². The summed E-state index contributed by atoms with van der Waals surface area (Å²) in [4.78, 5) is 64.7. The first-order valence-corrected chi connectivity index (χ1v) is 14.2. The van der Waals surface area contributed by atoms with Crippen LogP contribution < -0.4 is 15.4 Å². The number of methoxy groups -OCH3 is 1. The van der Waals surface area contributed by atoms with Crippen molar-refractivity contribution in [2.24, 2.45) is 5.92 Å². The lowest BCUT2D eigenvalue weighted by Gasteiger charge is -2.22. The zero-order chi connectivity index (χ0) is 31.2. The number of ketones is 1. The minimum Gasteiger partial charge on any atom is -0.497 e. The van der Waals surface area contributed by atoms with Crippen molar-refractivity contribution in [3.63, 3.8) is 0 Å². The number of nitrogens with one attached hydrogen (secondary N) is 2. The molecule has 1 aliphatic rings. The summed E-state index contributed by atoms with van der Waals surface area (Å²) in [5, 5.41) is 5.33. The van der Waals surface area contributed by atoms with Crippen LogP contribution in [0.5, 0.6) is 5.75 Å². The Hall–Kier alpha value is -4.73. The van der Waals surface area contributed by atoms with E-state index in [4.69, 9.17) is 14.2 Å². The van der Waals surface area contributed by atoms with E-state index < -0.39 is 47.8 Å². The minimum absolute atomic E-state index is 0.0231. The van der Waals surface area contributed by atoms with E-state index in [-0.39, 0.29) is 38.1 Å². The van der Waals surface area contributed by atoms with Gasteiger partial charge in [-0.05, 0) is 47.8 Å². The molecule has 1 heterocycles. The summed E-state index contributed by atoms with van der Waals surface area (Å²) < 4.78 is 16.2. The number of benzene rings is 2. The van der Waals surface area contributed by atoms with E-state index in [0.717, 1.165) is 11.1 Å². The van der Waals surface area contributed by atoms with E-state index in [1.54, 1.807) is 37.5 Å². The lowest BCUT2D eigenvalue weighted by molar-refractivity contribution is -0.173. The monoisotopic (exact) mass is 590 g/mol. The van der Waals surface area contributed by atoms with E-state index in [9.17, 15) is 24.0 Å². The highest BCUT2D eigenvalue weighted by Crippen LogP contribution is 2.16. The van der Waals surface area contributed by atoms with Crippen molar-refractivity contribution in [2.45, 2.75) is 57.8 Å². The summed E-state index contributed by atoms with van der Waals surface area (Å²) in [6, 6.07) is 15.2. The molecule has 1 aliphatic heterocycles. The smallest absolute Gasteiger partial charge is 0.348 e. The average Bonchev–Trinajstić information content (AvgIpc) is 2.98. The van der Waals surface area contributed by atoms with Crippen LogP contribution in [0.15, 0.2) is 72.8 Å². The van der Waals surface area contributed by atoms with Crippen LogP contribution in [0, 0.1) is 5.92 Å². The largest absolute Gasteiger partial charge is 0.497 e. The Morgan fingerprint density at radius 3 is 2.42 bits per heavy atom. The van der Waals surface area contributed by atoms with E-state index in [0.29, 0.717) is 5.75 Å². The molecule has 10 nitrogen and oxygen atoms in total.